The summed E-state index contributed by atoms with van der Waals surface area (Å²) < 4.78 is 32.2. The number of carbonyl (C=O) groups is 2. The van der Waals surface area contributed by atoms with Gasteiger partial charge in [-0.15, -0.1) is 0 Å². The second-order valence-corrected chi connectivity index (χ2v) is 10.1. The number of anilines is 1. The van der Waals surface area contributed by atoms with Crippen molar-refractivity contribution in [2.24, 2.45) is 0 Å². The molecule has 0 bridgehead atoms. The molecule has 166 valence electrons. The number of sulfonamides is 1. The van der Waals surface area contributed by atoms with Gasteiger partial charge in [-0.25, -0.2) is 13.2 Å². The van der Waals surface area contributed by atoms with Crippen LogP contribution in [-0.2, 0) is 19.6 Å². The van der Waals surface area contributed by atoms with Gasteiger partial charge in [-0.3, -0.25) is 4.79 Å². The van der Waals surface area contributed by atoms with Gasteiger partial charge >= 0.3 is 5.97 Å². The molecule has 3 rings (SSSR count). The van der Waals surface area contributed by atoms with Gasteiger partial charge in [0.2, 0.25) is 10.0 Å². The van der Waals surface area contributed by atoms with Crippen molar-refractivity contribution in [3.8, 4) is 0 Å². The largest absolute Gasteiger partial charge is 0.449 e. The van der Waals surface area contributed by atoms with E-state index in [1.165, 1.54) is 47.6 Å². The predicted octanol–water partition coefficient (Wildman–Crippen LogP) is 4.62. The number of amides is 1. The number of nitrogens with zero attached hydrogens (tertiary/aromatic N) is 1. The van der Waals surface area contributed by atoms with E-state index in [0.29, 0.717) is 28.8 Å². The van der Waals surface area contributed by atoms with Crippen molar-refractivity contribution in [1.29, 1.82) is 0 Å². The van der Waals surface area contributed by atoms with E-state index >= 15 is 0 Å². The second-order valence-electron chi connectivity index (χ2n) is 6.95. The molecule has 1 aliphatic rings. The monoisotopic (exact) mass is 504 g/mol. The second kappa shape index (κ2) is 9.75. The minimum Gasteiger partial charge on any atom is -0.449 e. The maximum absolute atomic E-state index is 12.8. The van der Waals surface area contributed by atoms with Crippen LogP contribution in [-0.4, -0.2) is 43.8 Å². The number of nitrogens with one attached hydrogen (secondary N) is 1. The van der Waals surface area contributed by atoms with Crippen LogP contribution in [0.3, 0.4) is 0 Å². The van der Waals surface area contributed by atoms with Crippen LogP contribution in [0.2, 0.25) is 15.1 Å². The average Bonchev–Trinajstić information content (AvgIpc) is 3.23. The van der Waals surface area contributed by atoms with Crippen molar-refractivity contribution in [2.75, 3.05) is 18.4 Å². The Labute approximate surface area is 195 Å². The molecule has 0 spiro atoms. The quantitative estimate of drug-likeness (QED) is 0.579. The lowest BCUT2D eigenvalue weighted by Crippen LogP contribution is -2.30. The van der Waals surface area contributed by atoms with Crippen molar-refractivity contribution in [1.82, 2.24) is 4.31 Å². The Morgan fingerprint density at radius 3 is 2.26 bits per heavy atom. The van der Waals surface area contributed by atoms with Crippen molar-refractivity contribution in [3.63, 3.8) is 0 Å². The van der Waals surface area contributed by atoms with Gasteiger partial charge in [0.15, 0.2) is 6.10 Å². The SMILES string of the molecule is CC(OC(=O)c1ccc(Cl)c(S(=O)(=O)N2CCCC2)c1)C(=O)Nc1cc(Cl)cc(Cl)c1. The Kier molecular flexibility index (Phi) is 7.49. The lowest BCUT2D eigenvalue weighted by atomic mass is 10.2. The summed E-state index contributed by atoms with van der Waals surface area (Å²) in [5.41, 5.74) is 0.309. The molecule has 1 atom stereocenters. The van der Waals surface area contributed by atoms with E-state index in [1.807, 2.05) is 0 Å². The Morgan fingerprint density at radius 2 is 1.65 bits per heavy atom. The van der Waals surface area contributed by atoms with Gasteiger partial charge in [0, 0.05) is 28.8 Å². The molecule has 1 heterocycles. The first-order valence-corrected chi connectivity index (χ1v) is 11.9. The average molecular weight is 506 g/mol. The van der Waals surface area contributed by atoms with E-state index in [-0.39, 0.29) is 15.5 Å². The zero-order valence-corrected chi connectivity index (χ0v) is 19.5. The molecule has 31 heavy (non-hydrogen) atoms. The van der Waals surface area contributed by atoms with E-state index in [0.717, 1.165) is 12.8 Å². The first-order valence-electron chi connectivity index (χ1n) is 9.35. The third-order valence-corrected chi connectivity index (χ3v) is 7.45. The predicted molar refractivity (Wildman–Crippen MR) is 119 cm³/mol. The number of halogens is 3. The van der Waals surface area contributed by atoms with Crippen LogP contribution in [0.5, 0.6) is 0 Å². The van der Waals surface area contributed by atoms with Crippen LogP contribution < -0.4 is 5.32 Å². The van der Waals surface area contributed by atoms with Crippen LogP contribution in [0, 0.1) is 0 Å². The first-order chi connectivity index (χ1) is 14.6. The molecule has 1 aliphatic heterocycles. The summed E-state index contributed by atoms with van der Waals surface area (Å²) >= 11 is 17.9. The fourth-order valence-corrected chi connectivity index (χ4v) is 5.59. The molecule has 1 fully saturated rings. The van der Waals surface area contributed by atoms with Crippen molar-refractivity contribution in [2.45, 2.75) is 30.8 Å². The Balaban J connectivity index is 1.73. The summed E-state index contributed by atoms with van der Waals surface area (Å²) in [4.78, 5) is 24.7. The lowest BCUT2D eigenvalue weighted by Gasteiger charge is -2.17. The summed E-state index contributed by atoms with van der Waals surface area (Å²) in [7, 11) is -3.83. The summed E-state index contributed by atoms with van der Waals surface area (Å²) in [6.07, 6.45) is 0.367. The van der Waals surface area contributed by atoms with Gasteiger partial charge in [0.05, 0.1) is 10.6 Å². The molecule has 2 aromatic rings. The molecule has 0 radical (unpaired) electrons. The zero-order valence-electron chi connectivity index (χ0n) is 16.4. The summed E-state index contributed by atoms with van der Waals surface area (Å²) in [6.45, 7) is 2.19. The number of ether oxygens (including phenoxy) is 1. The first kappa shape index (κ1) is 23.8. The van der Waals surface area contributed by atoms with Gasteiger partial charge in [-0.2, -0.15) is 4.31 Å². The molecule has 11 heteroatoms. The standard InChI is InChI=1S/C20H19Cl3N2O5S/c1-12(19(26)24-16-10-14(21)9-15(22)11-16)30-20(27)13-4-5-17(23)18(8-13)31(28,29)25-6-2-3-7-25/h4-5,8-12H,2-3,6-7H2,1H3,(H,24,26). The van der Waals surface area contributed by atoms with Crippen LogP contribution in [0.15, 0.2) is 41.3 Å². The molecule has 1 N–H and O–H groups in total. The van der Waals surface area contributed by atoms with Crippen LogP contribution >= 0.6 is 34.8 Å². The third kappa shape index (κ3) is 5.70. The van der Waals surface area contributed by atoms with Crippen molar-refractivity contribution in [3.05, 3.63) is 57.0 Å². The highest BCUT2D eigenvalue weighted by Gasteiger charge is 2.30. The highest BCUT2D eigenvalue weighted by molar-refractivity contribution is 7.89. The van der Waals surface area contributed by atoms with Crippen molar-refractivity contribution < 1.29 is 22.7 Å². The molecular formula is C20H19Cl3N2O5S. The smallest absolute Gasteiger partial charge is 0.338 e. The zero-order chi connectivity index (χ0) is 22.8. The molecular weight excluding hydrogens is 487 g/mol. The van der Waals surface area contributed by atoms with Gasteiger partial charge in [0.25, 0.3) is 5.91 Å². The summed E-state index contributed by atoms with van der Waals surface area (Å²) in [5.74, 6) is -1.47. The van der Waals surface area contributed by atoms with E-state index in [2.05, 4.69) is 5.32 Å². The molecule has 0 saturated carbocycles. The Hall–Kier alpha value is -1.84. The number of hydrogen-bond donors (Lipinski definition) is 1. The van der Waals surface area contributed by atoms with E-state index < -0.39 is 28.0 Å². The topological polar surface area (TPSA) is 92.8 Å². The molecule has 1 saturated heterocycles. The minimum atomic E-state index is -3.83. The third-order valence-electron chi connectivity index (χ3n) is 4.63. The molecule has 0 aliphatic carbocycles. The van der Waals surface area contributed by atoms with Gasteiger partial charge in [-0.1, -0.05) is 34.8 Å². The van der Waals surface area contributed by atoms with Crippen LogP contribution in [0.4, 0.5) is 5.69 Å². The maximum atomic E-state index is 12.8. The molecule has 1 amide bonds. The van der Waals surface area contributed by atoms with Gasteiger partial charge in [-0.05, 0) is 56.2 Å². The van der Waals surface area contributed by atoms with E-state index in [9.17, 15) is 18.0 Å². The maximum Gasteiger partial charge on any atom is 0.338 e. The fraction of sp³-hybridized carbons (Fsp3) is 0.300. The lowest BCUT2D eigenvalue weighted by molar-refractivity contribution is -0.123. The van der Waals surface area contributed by atoms with Crippen molar-refractivity contribution >= 4 is 62.4 Å². The number of esters is 1. The molecule has 1 unspecified atom stereocenters. The fourth-order valence-electron chi connectivity index (χ4n) is 3.05. The minimum absolute atomic E-state index is 0.00655. The van der Waals surface area contributed by atoms with Crippen LogP contribution in [0.25, 0.3) is 0 Å². The summed E-state index contributed by atoms with van der Waals surface area (Å²) in [5, 5.41) is 3.23. The Bertz CT molecular complexity index is 1100. The molecule has 7 nitrogen and oxygen atoms in total. The normalized spacial score (nSPS) is 15.5. The summed E-state index contributed by atoms with van der Waals surface area (Å²) in [6, 6.07) is 8.33. The highest BCUT2D eigenvalue weighted by Crippen LogP contribution is 2.28. The number of rotatable bonds is 6. The Morgan fingerprint density at radius 1 is 1.03 bits per heavy atom. The van der Waals surface area contributed by atoms with Gasteiger partial charge < -0.3 is 10.1 Å². The van der Waals surface area contributed by atoms with Gasteiger partial charge in [0.1, 0.15) is 4.90 Å². The molecule has 0 aromatic heterocycles. The molecule has 2 aromatic carbocycles. The number of benzene rings is 2. The van der Waals surface area contributed by atoms with Crippen LogP contribution in [0.1, 0.15) is 30.1 Å². The number of carbonyl (C=O) groups excluding carboxylic acids is 2. The highest BCUT2D eigenvalue weighted by atomic mass is 35.5. The van der Waals surface area contributed by atoms with E-state index in [1.54, 1.807) is 0 Å². The van der Waals surface area contributed by atoms with E-state index in [4.69, 9.17) is 39.5 Å². The number of hydrogen-bond acceptors (Lipinski definition) is 5.